The molecule has 5 aromatic rings. The number of nitrogens with zero attached hydrogens (tertiary/aromatic N) is 8. The molecular weight excluding hydrogens is 594 g/mol. The van der Waals surface area contributed by atoms with Crippen molar-refractivity contribution in [3.63, 3.8) is 0 Å². The Morgan fingerprint density at radius 1 is 1.12 bits per heavy atom. The molecule has 1 aromatic carbocycles. The number of fused-ring (bicyclic) bond motifs is 2. The van der Waals surface area contributed by atoms with Gasteiger partial charge in [0.25, 0.3) is 0 Å². The molecule has 1 amide bonds. The summed E-state index contributed by atoms with van der Waals surface area (Å²) in [6.07, 6.45) is 0.443. The molecule has 16 heteroatoms. The fourth-order valence-electron chi connectivity index (χ4n) is 4.67. The van der Waals surface area contributed by atoms with Crippen molar-refractivity contribution in [2.75, 3.05) is 29.9 Å². The predicted molar refractivity (Wildman–Crippen MR) is 149 cm³/mol. The summed E-state index contributed by atoms with van der Waals surface area (Å²) in [5.74, 6) is -0.917. The van der Waals surface area contributed by atoms with Gasteiger partial charge in [-0.25, -0.2) is 28.8 Å². The molecule has 0 bridgehead atoms. The van der Waals surface area contributed by atoms with Gasteiger partial charge in [-0.05, 0) is 36.4 Å². The molecule has 0 unspecified atom stereocenters. The molecule has 0 radical (unpaired) electrons. The lowest BCUT2D eigenvalue weighted by Gasteiger charge is -2.42. The Morgan fingerprint density at radius 2 is 1.95 bits per heavy atom. The maximum atomic E-state index is 15.4. The van der Waals surface area contributed by atoms with Crippen molar-refractivity contribution in [1.82, 2.24) is 34.4 Å². The van der Waals surface area contributed by atoms with Crippen LogP contribution in [0, 0.1) is 5.82 Å². The van der Waals surface area contributed by atoms with E-state index in [-0.39, 0.29) is 46.7 Å². The molecule has 1 N–H and O–H groups in total. The third kappa shape index (κ3) is 5.46. The maximum absolute atomic E-state index is 15.4. The molecule has 11 nitrogen and oxygen atoms in total. The van der Waals surface area contributed by atoms with E-state index in [1.807, 2.05) is 0 Å². The van der Waals surface area contributed by atoms with Crippen LogP contribution in [-0.2, 0) is 4.79 Å². The minimum absolute atomic E-state index is 0.0499. The molecule has 0 saturated carbocycles. The second kappa shape index (κ2) is 11.0. The first-order valence-electron chi connectivity index (χ1n) is 12.7. The van der Waals surface area contributed by atoms with E-state index in [1.54, 1.807) is 24.4 Å². The first-order chi connectivity index (χ1) is 20.6. The third-order valence-corrected chi connectivity index (χ3v) is 7.14. The zero-order valence-electron chi connectivity index (χ0n) is 22.0. The Balaban J connectivity index is 1.26. The van der Waals surface area contributed by atoms with Crippen LogP contribution in [-0.4, -0.2) is 72.2 Å². The molecule has 0 aliphatic carbocycles. The van der Waals surface area contributed by atoms with Crippen LogP contribution < -0.4 is 15.0 Å². The quantitative estimate of drug-likeness (QED) is 0.205. The van der Waals surface area contributed by atoms with E-state index in [1.165, 1.54) is 40.3 Å². The number of pyridine rings is 2. The molecule has 1 fully saturated rings. The number of nitrogens with one attached hydrogen (secondary N) is 1. The highest BCUT2D eigenvalue weighted by atomic mass is 35.5. The molecule has 1 aliphatic heterocycles. The van der Waals surface area contributed by atoms with Gasteiger partial charge in [0, 0.05) is 31.9 Å². The largest absolute Gasteiger partial charge is 0.455 e. The van der Waals surface area contributed by atoms with Gasteiger partial charge in [-0.1, -0.05) is 18.2 Å². The summed E-state index contributed by atoms with van der Waals surface area (Å²) < 4.78 is 64.2. The lowest BCUT2D eigenvalue weighted by Crippen LogP contribution is -2.60. The summed E-state index contributed by atoms with van der Waals surface area (Å²) in [6, 6.07) is 7.13. The molecule has 4 aromatic heterocycles. The number of piperazine rings is 1. The molecule has 5 heterocycles. The summed E-state index contributed by atoms with van der Waals surface area (Å²) >= 11 is 6.30. The van der Waals surface area contributed by atoms with Gasteiger partial charge >= 0.3 is 6.18 Å². The highest BCUT2D eigenvalue weighted by Crippen LogP contribution is 2.37. The van der Waals surface area contributed by atoms with Gasteiger partial charge in [0.05, 0.1) is 11.2 Å². The Kier molecular flexibility index (Phi) is 7.17. The van der Waals surface area contributed by atoms with E-state index >= 15 is 4.39 Å². The summed E-state index contributed by atoms with van der Waals surface area (Å²) in [5.41, 5.74) is 1.03. The topological polar surface area (TPSA) is 114 Å². The second-order valence-corrected chi connectivity index (χ2v) is 9.77. The SMILES string of the molecule is C=CC(=O)N1CCN(c2ccc3ncnc(Nc4ccc(Oc5ccn6ncnc6c5)c(Cl)c4F)c3n2)C[C@@H]1C(F)(F)F. The van der Waals surface area contributed by atoms with Crippen molar-refractivity contribution in [2.45, 2.75) is 12.2 Å². The zero-order chi connectivity index (χ0) is 30.3. The van der Waals surface area contributed by atoms with Gasteiger partial charge < -0.3 is 19.9 Å². The van der Waals surface area contributed by atoms with Gasteiger partial charge in [0.2, 0.25) is 5.91 Å². The lowest BCUT2D eigenvalue weighted by atomic mass is 10.1. The van der Waals surface area contributed by atoms with Crippen LogP contribution in [0.5, 0.6) is 11.5 Å². The van der Waals surface area contributed by atoms with Gasteiger partial charge in [-0.15, -0.1) is 0 Å². The molecule has 6 rings (SSSR count). The summed E-state index contributed by atoms with van der Waals surface area (Å²) in [6.45, 7) is 2.67. The number of benzene rings is 1. The third-order valence-electron chi connectivity index (χ3n) is 6.79. The molecule has 0 spiro atoms. The van der Waals surface area contributed by atoms with Gasteiger partial charge in [-0.3, -0.25) is 4.79 Å². The fraction of sp³-hybridized carbons (Fsp3) is 0.185. The molecule has 43 heavy (non-hydrogen) atoms. The number of hydrogen-bond donors (Lipinski definition) is 1. The van der Waals surface area contributed by atoms with E-state index in [0.717, 1.165) is 11.0 Å². The van der Waals surface area contributed by atoms with E-state index in [0.29, 0.717) is 16.9 Å². The van der Waals surface area contributed by atoms with Gasteiger partial charge in [0.1, 0.15) is 46.6 Å². The van der Waals surface area contributed by atoms with Crippen molar-refractivity contribution < 1.29 is 27.1 Å². The Morgan fingerprint density at radius 3 is 2.74 bits per heavy atom. The highest BCUT2D eigenvalue weighted by molar-refractivity contribution is 6.32. The number of carbonyl (C=O) groups excluding carboxylic acids is 1. The lowest BCUT2D eigenvalue weighted by molar-refractivity contribution is -0.188. The maximum Gasteiger partial charge on any atom is 0.410 e. The van der Waals surface area contributed by atoms with Crippen molar-refractivity contribution in [1.29, 1.82) is 0 Å². The zero-order valence-corrected chi connectivity index (χ0v) is 22.7. The smallest absolute Gasteiger partial charge is 0.410 e. The number of anilines is 3. The van der Waals surface area contributed by atoms with E-state index in [2.05, 4.69) is 36.9 Å². The van der Waals surface area contributed by atoms with E-state index in [4.69, 9.17) is 16.3 Å². The van der Waals surface area contributed by atoms with Gasteiger partial charge in [-0.2, -0.15) is 18.3 Å². The van der Waals surface area contributed by atoms with Crippen molar-refractivity contribution >= 4 is 51.5 Å². The van der Waals surface area contributed by atoms with Crippen molar-refractivity contribution in [3.05, 3.63) is 78.7 Å². The van der Waals surface area contributed by atoms with Crippen LogP contribution in [0.3, 0.4) is 0 Å². The summed E-state index contributed by atoms with van der Waals surface area (Å²) in [5, 5.41) is 6.55. The molecule has 1 atom stereocenters. The fourth-order valence-corrected chi connectivity index (χ4v) is 4.87. The van der Waals surface area contributed by atoms with Crippen LogP contribution in [0.2, 0.25) is 5.02 Å². The highest BCUT2D eigenvalue weighted by Gasteiger charge is 2.48. The number of carbonyl (C=O) groups is 1. The van der Waals surface area contributed by atoms with Gasteiger partial charge in [0.15, 0.2) is 17.3 Å². The van der Waals surface area contributed by atoms with Crippen molar-refractivity contribution in [3.8, 4) is 11.5 Å². The van der Waals surface area contributed by atoms with E-state index < -0.39 is 30.5 Å². The normalized spacial score (nSPS) is 15.6. The number of rotatable bonds is 6. The van der Waals surface area contributed by atoms with Crippen LogP contribution in [0.1, 0.15) is 0 Å². The van der Waals surface area contributed by atoms with Crippen molar-refractivity contribution in [2.24, 2.45) is 0 Å². The standard InChI is InChI=1S/C27H20ClF4N9O2/c1-2-22(42)40-10-9-39(12-19(40)27(30,31)32)20-6-4-17-25(38-20)26(35-13-33-17)37-16-3-5-18(23(28)24(16)29)43-15-7-8-41-21(11-15)34-14-36-41/h2-8,11,13-14,19H,1,9-10,12H2,(H,33,35,37)/t19-/m1/s1. The first kappa shape index (κ1) is 28.1. The number of alkyl halides is 3. The predicted octanol–water partition coefficient (Wildman–Crippen LogP) is 5.16. The number of hydrogen-bond acceptors (Lipinski definition) is 9. The monoisotopic (exact) mass is 613 g/mol. The molecule has 1 aliphatic rings. The van der Waals surface area contributed by atoms with Crippen LogP contribution in [0.25, 0.3) is 16.7 Å². The number of halogens is 5. The molecule has 1 saturated heterocycles. The van der Waals surface area contributed by atoms with Crippen LogP contribution in [0.4, 0.5) is 34.9 Å². The minimum Gasteiger partial charge on any atom is -0.455 e. The number of amides is 1. The van der Waals surface area contributed by atoms with E-state index in [9.17, 15) is 18.0 Å². The summed E-state index contributed by atoms with van der Waals surface area (Å²) in [4.78, 5) is 31.1. The minimum atomic E-state index is -4.67. The first-order valence-corrected chi connectivity index (χ1v) is 13.1. The average Bonchev–Trinajstić information content (AvgIpc) is 3.48. The Labute approximate surface area is 245 Å². The number of aromatic nitrogens is 6. The Hall–Kier alpha value is -5.05. The Bertz CT molecular complexity index is 1870. The molecular formula is C27H20ClF4N9O2. The molecule has 220 valence electrons. The second-order valence-electron chi connectivity index (χ2n) is 9.39. The number of ether oxygens (including phenoxy) is 1. The average molecular weight is 614 g/mol. The van der Waals surface area contributed by atoms with Crippen LogP contribution in [0.15, 0.2) is 67.9 Å². The summed E-state index contributed by atoms with van der Waals surface area (Å²) in [7, 11) is 0. The van der Waals surface area contributed by atoms with Crippen LogP contribution >= 0.6 is 11.6 Å².